The van der Waals surface area contributed by atoms with Crippen molar-refractivity contribution >= 4 is 5.91 Å². The van der Waals surface area contributed by atoms with Crippen molar-refractivity contribution in [2.45, 2.75) is 306 Å². The first-order valence-electron chi connectivity index (χ1n) is 27.1. The van der Waals surface area contributed by atoms with E-state index in [-0.39, 0.29) is 12.8 Å². The lowest BCUT2D eigenvalue weighted by molar-refractivity contribution is -0.303. The van der Waals surface area contributed by atoms with Crippen LogP contribution in [0.5, 0.6) is 0 Å². The fraction of sp³-hybridized carbons (Fsp3) is 0.943. The summed E-state index contributed by atoms with van der Waals surface area (Å²) in [6, 6.07) is -1.18. The molecule has 64 heavy (non-hydrogen) atoms. The monoisotopic (exact) mass is 914 g/mol. The van der Waals surface area contributed by atoms with E-state index in [4.69, 9.17) is 9.47 Å². The highest BCUT2D eigenvalue weighted by molar-refractivity contribution is 5.80. The quantitative estimate of drug-likeness (QED) is 0.0216. The van der Waals surface area contributed by atoms with Crippen molar-refractivity contribution in [1.82, 2.24) is 5.32 Å². The number of aliphatic hydroxyl groups is 7. The Kier molecular flexibility index (Phi) is 41.0. The molecular weight excluding hydrogens is 811 g/mol. The second-order valence-electron chi connectivity index (χ2n) is 19.3. The Bertz CT molecular complexity index is 1050. The molecule has 11 heteroatoms. The van der Waals surface area contributed by atoms with E-state index in [1.165, 1.54) is 173 Å². The molecule has 1 aliphatic heterocycles. The molecule has 380 valence electrons. The normalized spacial score (nSPS) is 21.0. The zero-order chi connectivity index (χ0) is 46.9. The van der Waals surface area contributed by atoms with E-state index in [0.717, 1.165) is 38.5 Å². The average Bonchev–Trinajstić information content (AvgIpc) is 3.29. The topological polar surface area (TPSA) is 189 Å². The molecule has 0 saturated carbocycles. The van der Waals surface area contributed by atoms with Crippen LogP contribution in [0.4, 0.5) is 0 Å². The maximum atomic E-state index is 13.1. The van der Waals surface area contributed by atoms with Gasteiger partial charge in [-0.15, -0.1) is 0 Å². The maximum absolute atomic E-state index is 13.1. The summed E-state index contributed by atoms with van der Waals surface area (Å²) in [6.45, 7) is 3.40. The summed E-state index contributed by atoms with van der Waals surface area (Å²) in [5.41, 5.74) is 0. The molecule has 11 nitrogen and oxygen atoms in total. The van der Waals surface area contributed by atoms with Crippen molar-refractivity contribution in [1.29, 1.82) is 0 Å². The number of amides is 1. The van der Waals surface area contributed by atoms with Gasteiger partial charge in [0.1, 0.15) is 36.6 Å². The first kappa shape index (κ1) is 60.9. The van der Waals surface area contributed by atoms with Crippen LogP contribution in [-0.4, -0.2) is 110 Å². The summed E-state index contributed by atoms with van der Waals surface area (Å²) in [5.74, 6) is -0.704. The van der Waals surface area contributed by atoms with Gasteiger partial charge in [0.15, 0.2) is 6.29 Å². The third-order valence-electron chi connectivity index (χ3n) is 13.3. The molecule has 0 bridgehead atoms. The molecule has 1 fully saturated rings. The predicted octanol–water partition coefficient (Wildman–Crippen LogP) is 10.4. The molecule has 0 aromatic carbocycles. The Hall–Kier alpha value is -1.15. The molecule has 8 N–H and O–H groups in total. The number of unbranched alkanes of at least 4 members (excludes halogenated alkanes) is 32. The number of ether oxygens (including phenoxy) is 2. The number of rotatable bonds is 46. The number of hydrogen-bond acceptors (Lipinski definition) is 10. The van der Waals surface area contributed by atoms with E-state index < -0.39 is 74.2 Å². The number of hydrogen-bond donors (Lipinski definition) is 8. The predicted molar refractivity (Wildman–Crippen MR) is 261 cm³/mol. The lowest BCUT2D eigenvalue weighted by atomic mass is 9.98. The van der Waals surface area contributed by atoms with Gasteiger partial charge in [0.25, 0.3) is 0 Å². The summed E-state index contributed by atoms with van der Waals surface area (Å²) >= 11 is 0. The van der Waals surface area contributed by atoms with E-state index in [1.54, 1.807) is 0 Å². The van der Waals surface area contributed by atoms with Gasteiger partial charge in [-0.3, -0.25) is 4.79 Å². The highest BCUT2D eigenvalue weighted by Gasteiger charge is 2.44. The van der Waals surface area contributed by atoms with E-state index in [9.17, 15) is 40.5 Å². The van der Waals surface area contributed by atoms with Gasteiger partial charge in [0, 0.05) is 0 Å². The van der Waals surface area contributed by atoms with Crippen LogP contribution in [0, 0.1) is 0 Å². The first-order chi connectivity index (χ1) is 31.2. The van der Waals surface area contributed by atoms with Gasteiger partial charge in [0.05, 0.1) is 25.4 Å². The number of carbonyl (C=O) groups excluding carboxylic acids is 1. The maximum Gasteiger partial charge on any atom is 0.249 e. The van der Waals surface area contributed by atoms with Crippen LogP contribution in [0.25, 0.3) is 0 Å². The van der Waals surface area contributed by atoms with Crippen LogP contribution in [-0.2, 0) is 14.3 Å². The van der Waals surface area contributed by atoms with E-state index in [0.29, 0.717) is 12.8 Å². The van der Waals surface area contributed by atoms with Crippen molar-refractivity contribution in [3.63, 3.8) is 0 Å². The number of nitrogens with one attached hydrogen (secondary N) is 1. The number of carbonyl (C=O) groups is 1. The van der Waals surface area contributed by atoms with Crippen molar-refractivity contribution in [2.75, 3.05) is 13.2 Å². The van der Waals surface area contributed by atoms with E-state index in [1.807, 2.05) is 0 Å². The molecule has 9 atom stereocenters. The third kappa shape index (κ3) is 31.8. The summed E-state index contributed by atoms with van der Waals surface area (Å²) in [7, 11) is 0. The molecule has 0 aliphatic carbocycles. The molecule has 1 saturated heterocycles. The molecule has 1 heterocycles. The fourth-order valence-electron chi connectivity index (χ4n) is 8.85. The number of aliphatic hydroxyl groups excluding tert-OH is 7. The van der Waals surface area contributed by atoms with Crippen molar-refractivity contribution in [2.24, 2.45) is 0 Å². The highest BCUT2D eigenvalue weighted by Crippen LogP contribution is 2.23. The van der Waals surface area contributed by atoms with Gasteiger partial charge >= 0.3 is 0 Å². The second kappa shape index (κ2) is 43.2. The van der Waals surface area contributed by atoms with Gasteiger partial charge < -0.3 is 50.5 Å². The third-order valence-corrected chi connectivity index (χ3v) is 13.3. The zero-order valence-corrected chi connectivity index (χ0v) is 41.3. The molecule has 1 rings (SSSR count). The molecule has 0 aromatic rings. The van der Waals surface area contributed by atoms with Crippen LogP contribution >= 0.6 is 0 Å². The van der Waals surface area contributed by atoms with E-state index in [2.05, 4.69) is 31.3 Å². The van der Waals surface area contributed by atoms with Crippen molar-refractivity contribution < 1.29 is 50.0 Å². The van der Waals surface area contributed by atoms with Crippen molar-refractivity contribution in [3.8, 4) is 0 Å². The lowest BCUT2D eigenvalue weighted by Gasteiger charge is -2.40. The molecule has 1 amide bonds. The minimum Gasteiger partial charge on any atom is -0.394 e. The largest absolute Gasteiger partial charge is 0.394 e. The van der Waals surface area contributed by atoms with Gasteiger partial charge in [-0.25, -0.2) is 0 Å². The second-order valence-corrected chi connectivity index (χ2v) is 19.3. The van der Waals surface area contributed by atoms with Gasteiger partial charge in [-0.05, 0) is 38.5 Å². The summed E-state index contributed by atoms with van der Waals surface area (Å²) in [6.07, 6.45) is 37.4. The van der Waals surface area contributed by atoms with Crippen LogP contribution in [0.3, 0.4) is 0 Å². The zero-order valence-electron chi connectivity index (χ0n) is 41.3. The molecule has 0 radical (unpaired) electrons. The molecule has 0 spiro atoms. The fourth-order valence-corrected chi connectivity index (χ4v) is 8.85. The molecular formula is C53H103NO10. The standard InChI is InChI=1S/C53H103NO10/c1-3-5-7-9-11-13-14-15-16-17-18-19-20-21-22-23-24-25-26-27-28-29-30-31-33-35-37-39-41-46(57)52(62)54-44(43-63-53-51(61)50(60)49(59)47(42-55)64-53)48(58)45(56)40-38-36-34-32-12-10-8-6-4-2/h32,34,44-51,53,55-61H,3-31,33,35-43H2,1-2H3,(H,54,62)/b34-32+. The Balaban J connectivity index is 2.20. The van der Waals surface area contributed by atoms with Gasteiger partial charge in [0.2, 0.25) is 5.91 Å². The molecule has 9 unspecified atom stereocenters. The van der Waals surface area contributed by atoms with Gasteiger partial charge in [-0.1, -0.05) is 225 Å². The summed E-state index contributed by atoms with van der Waals surface area (Å²) in [4.78, 5) is 13.1. The Labute approximate surface area is 392 Å². The van der Waals surface area contributed by atoms with Gasteiger partial charge in [-0.2, -0.15) is 0 Å². The van der Waals surface area contributed by atoms with Crippen LogP contribution < -0.4 is 5.32 Å². The van der Waals surface area contributed by atoms with Crippen molar-refractivity contribution in [3.05, 3.63) is 12.2 Å². The summed E-state index contributed by atoms with van der Waals surface area (Å²) < 4.78 is 11.1. The van der Waals surface area contributed by atoms with Crippen LogP contribution in [0.1, 0.15) is 251 Å². The smallest absolute Gasteiger partial charge is 0.249 e. The number of allylic oxidation sites excluding steroid dienone is 2. The lowest BCUT2D eigenvalue weighted by Crippen LogP contribution is -2.60. The SMILES string of the molecule is CCCCCC/C=C/CCCC(O)C(O)C(COC1OC(CO)C(O)C(O)C1O)NC(=O)C(O)CCCCCCCCCCCCCCCCCCCCCCCCCCCCCC. The first-order valence-corrected chi connectivity index (χ1v) is 27.1. The van der Waals surface area contributed by atoms with Crippen LogP contribution in [0.2, 0.25) is 0 Å². The Morgan fingerprint density at radius 2 is 0.922 bits per heavy atom. The minimum absolute atomic E-state index is 0.259. The van der Waals surface area contributed by atoms with Crippen LogP contribution in [0.15, 0.2) is 12.2 Å². The molecule has 0 aromatic heterocycles. The Morgan fingerprint density at radius 3 is 1.34 bits per heavy atom. The van der Waals surface area contributed by atoms with E-state index >= 15 is 0 Å². The minimum atomic E-state index is -1.66. The Morgan fingerprint density at radius 1 is 0.531 bits per heavy atom. The highest BCUT2D eigenvalue weighted by atomic mass is 16.7. The average molecular weight is 914 g/mol. The molecule has 1 aliphatic rings. The summed E-state index contributed by atoms with van der Waals surface area (Å²) in [5, 5.41) is 75.6.